The third-order valence-electron chi connectivity index (χ3n) is 4.38. The van der Waals surface area contributed by atoms with Gasteiger partial charge in [0.05, 0.1) is 6.61 Å². The Hall–Kier alpha value is -2.32. The first kappa shape index (κ1) is 32.7. The Kier molecular flexibility index (Phi) is 19.6. The molecule has 0 fully saturated rings. The summed E-state index contributed by atoms with van der Waals surface area (Å²) in [6.07, 6.45) is 20.7. The minimum atomic E-state index is -4.73. The fraction of sp³-hybridized carbons (Fsp3) is 0.560. The monoisotopic (exact) mass is 514 g/mol. The van der Waals surface area contributed by atoms with Crippen LogP contribution in [0.4, 0.5) is 0 Å². The molecule has 0 amide bonds. The van der Waals surface area contributed by atoms with Crippen LogP contribution in [0.15, 0.2) is 48.6 Å². The lowest BCUT2D eigenvalue weighted by molar-refractivity contribution is -0.160. The van der Waals surface area contributed by atoms with Gasteiger partial charge in [-0.3, -0.25) is 18.9 Å². The van der Waals surface area contributed by atoms with E-state index in [1.165, 1.54) is 6.92 Å². The molecule has 0 aliphatic rings. The predicted octanol–water partition coefficient (Wildman–Crippen LogP) is 4.90. The van der Waals surface area contributed by atoms with Gasteiger partial charge in [-0.2, -0.15) is 0 Å². The van der Waals surface area contributed by atoms with Gasteiger partial charge in [0, 0.05) is 19.8 Å². The average Bonchev–Trinajstić information content (AvgIpc) is 2.78. The first-order valence-corrected chi connectivity index (χ1v) is 13.4. The van der Waals surface area contributed by atoms with Crippen LogP contribution >= 0.6 is 7.82 Å². The molecule has 0 radical (unpaired) electrons. The second-order valence-corrected chi connectivity index (χ2v) is 8.96. The number of ether oxygens (including phenoxy) is 2. The van der Waals surface area contributed by atoms with Crippen molar-refractivity contribution in [3.63, 3.8) is 0 Å². The fourth-order valence-corrected chi connectivity index (χ4v) is 2.99. The molecule has 0 unspecified atom stereocenters. The minimum absolute atomic E-state index is 0.103. The van der Waals surface area contributed by atoms with Gasteiger partial charge >= 0.3 is 19.8 Å². The average molecular weight is 515 g/mol. The summed E-state index contributed by atoms with van der Waals surface area (Å²) in [6, 6.07) is 0. The van der Waals surface area contributed by atoms with Crippen molar-refractivity contribution in [1.82, 2.24) is 0 Å². The van der Waals surface area contributed by atoms with Crippen LogP contribution in [0.3, 0.4) is 0 Å². The molecule has 0 aliphatic heterocycles. The molecule has 198 valence electrons. The molecule has 0 aromatic rings. The summed E-state index contributed by atoms with van der Waals surface area (Å²) in [7, 11) is -4.73. The molecule has 1 atom stereocenters. The van der Waals surface area contributed by atoms with Crippen LogP contribution in [-0.2, 0) is 32.9 Å². The Morgan fingerprint density at radius 2 is 1.57 bits per heavy atom. The molecule has 0 spiro atoms. The van der Waals surface area contributed by atoms with Crippen LogP contribution in [-0.4, -0.2) is 46.8 Å². The molecule has 0 saturated heterocycles. The number of carbonyl (C=O) groups excluding carboxylic acids is 3. The van der Waals surface area contributed by atoms with Gasteiger partial charge in [-0.05, 0) is 38.2 Å². The Labute approximate surface area is 208 Å². The van der Waals surface area contributed by atoms with Crippen molar-refractivity contribution in [2.75, 3.05) is 13.2 Å². The molecular formula is C25H39O9P. The number of unbranched alkanes of at least 4 members (excludes halogenated alkanes) is 3. The lowest BCUT2D eigenvalue weighted by atomic mass is 10.1. The molecule has 0 bridgehead atoms. The Bertz CT molecular complexity index is 778. The van der Waals surface area contributed by atoms with E-state index in [1.807, 2.05) is 36.5 Å². The van der Waals surface area contributed by atoms with Crippen molar-refractivity contribution in [2.45, 2.75) is 77.7 Å². The Morgan fingerprint density at radius 3 is 2.23 bits per heavy atom. The van der Waals surface area contributed by atoms with Crippen LogP contribution in [0, 0.1) is 0 Å². The molecule has 10 heteroatoms. The quantitative estimate of drug-likeness (QED) is 0.0581. The highest BCUT2D eigenvalue weighted by atomic mass is 31.2. The zero-order valence-corrected chi connectivity index (χ0v) is 21.6. The molecule has 0 aliphatic carbocycles. The summed E-state index contributed by atoms with van der Waals surface area (Å²) in [5.41, 5.74) is 0. The van der Waals surface area contributed by atoms with Crippen molar-refractivity contribution in [2.24, 2.45) is 0 Å². The van der Waals surface area contributed by atoms with E-state index in [2.05, 4.69) is 11.4 Å². The fourth-order valence-electron chi connectivity index (χ4n) is 2.63. The van der Waals surface area contributed by atoms with Gasteiger partial charge in [-0.25, -0.2) is 4.57 Å². The van der Waals surface area contributed by atoms with Crippen LogP contribution in [0.2, 0.25) is 0 Å². The summed E-state index contributed by atoms with van der Waals surface area (Å²) in [4.78, 5) is 51.9. The molecule has 0 aromatic carbocycles. The van der Waals surface area contributed by atoms with E-state index in [-0.39, 0.29) is 18.8 Å². The van der Waals surface area contributed by atoms with Crippen molar-refractivity contribution in [3.05, 3.63) is 48.6 Å². The zero-order chi connectivity index (χ0) is 26.4. The van der Waals surface area contributed by atoms with Crippen molar-refractivity contribution in [3.8, 4) is 0 Å². The largest absolute Gasteiger partial charge is 0.469 e. The number of esters is 2. The van der Waals surface area contributed by atoms with Gasteiger partial charge in [-0.15, -0.1) is 0 Å². The number of hydrogen-bond donors (Lipinski definition) is 2. The lowest BCUT2D eigenvalue weighted by Gasteiger charge is -2.17. The number of allylic oxidation sites excluding steroid dienone is 8. The van der Waals surface area contributed by atoms with Crippen LogP contribution in [0.1, 0.15) is 71.6 Å². The third-order valence-corrected chi connectivity index (χ3v) is 4.87. The zero-order valence-electron chi connectivity index (χ0n) is 20.7. The summed E-state index contributed by atoms with van der Waals surface area (Å²) in [5.74, 6) is -1.03. The van der Waals surface area contributed by atoms with Crippen molar-refractivity contribution >= 4 is 25.5 Å². The first-order chi connectivity index (χ1) is 16.6. The van der Waals surface area contributed by atoms with Gasteiger partial charge < -0.3 is 19.3 Å². The van der Waals surface area contributed by atoms with Crippen LogP contribution in [0.25, 0.3) is 0 Å². The molecule has 0 saturated carbocycles. The van der Waals surface area contributed by atoms with E-state index < -0.39 is 32.5 Å². The van der Waals surface area contributed by atoms with Gasteiger partial charge in [0.2, 0.25) is 0 Å². The maximum atomic E-state index is 11.9. The van der Waals surface area contributed by atoms with E-state index in [9.17, 15) is 18.9 Å². The van der Waals surface area contributed by atoms with E-state index in [0.717, 1.165) is 32.1 Å². The van der Waals surface area contributed by atoms with Gasteiger partial charge in [0.15, 0.2) is 11.9 Å². The Balaban J connectivity index is 4.02. The second-order valence-electron chi connectivity index (χ2n) is 7.72. The number of carbonyl (C=O) groups is 3. The van der Waals surface area contributed by atoms with Crippen molar-refractivity contribution in [1.29, 1.82) is 0 Å². The number of phosphoric acid groups is 1. The maximum Gasteiger partial charge on any atom is 0.469 e. The predicted molar refractivity (Wildman–Crippen MR) is 133 cm³/mol. The molecule has 2 N–H and O–H groups in total. The SMILES string of the molecule is CCCCCC(=O)/C=C/C=C\C/C=C\C/C=C\CCCC(=O)O[C@H](COC(C)=O)COP(=O)(O)O. The summed E-state index contributed by atoms with van der Waals surface area (Å²) >= 11 is 0. The van der Waals surface area contributed by atoms with E-state index in [1.54, 1.807) is 12.2 Å². The summed E-state index contributed by atoms with van der Waals surface area (Å²) < 4.78 is 24.9. The molecule has 35 heavy (non-hydrogen) atoms. The van der Waals surface area contributed by atoms with E-state index in [4.69, 9.17) is 19.3 Å². The summed E-state index contributed by atoms with van der Waals surface area (Å²) in [6.45, 7) is 2.34. The maximum absolute atomic E-state index is 11.9. The number of rotatable bonds is 20. The molecule has 9 nitrogen and oxygen atoms in total. The first-order valence-electron chi connectivity index (χ1n) is 11.8. The number of ketones is 1. The Morgan fingerprint density at radius 1 is 0.886 bits per heavy atom. The summed E-state index contributed by atoms with van der Waals surface area (Å²) in [5, 5.41) is 0. The molecule has 0 aromatic heterocycles. The van der Waals surface area contributed by atoms with E-state index >= 15 is 0 Å². The molecule has 0 rings (SSSR count). The van der Waals surface area contributed by atoms with Crippen LogP contribution < -0.4 is 0 Å². The lowest BCUT2D eigenvalue weighted by Crippen LogP contribution is -2.29. The van der Waals surface area contributed by atoms with Gasteiger partial charge in [0.25, 0.3) is 0 Å². The second kappa shape index (κ2) is 21.0. The number of hydrogen-bond acceptors (Lipinski definition) is 7. The highest BCUT2D eigenvalue weighted by molar-refractivity contribution is 7.46. The molecular weight excluding hydrogens is 475 g/mol. The van der Waals surface area contributed by atoms with Gasteiger partial charge in [-0.1, -0.05) is 62.3 Å². The van der Waals surface area contributed by atoms with E-state index in [0.29, 0.717) is 19.3 Å². The standard InChI is InChI=1S/C25H39O9P/c1-3-4-14-17-23(27)18-15-12-10-8-6-5-7-9-11-13-16-19-25(28)34-24(20-32-22(2)26)21-33-35(29,30)31/h5-6,9-12,15,18,24H,3-4,7-8,13-14,16-17,19-21H2,1-2H3,(H2,29,30,31)/b6-5-,11-9-,12-10-,18-15+/t24-/m1/s1. The van der Waals surface area contributed by atoms with Crippen LogP contribution in [0.5, 0.6) is 0 Å². The smallest absolute Gasteiger partial charge is 0.462 e. The highest BCUT2D eigenvalue weighted by Crippen LogP contribution is 2.35. The topological polar surface area (TPSA) is 136 Å². The highest BCUT2D eigenvalue weighted by Gasteiger charge is 2.22. The minimum Gasteiger partial charge on any atom is -0.462 e. The van der Waals surface area contributed by atoms with Gasteiger partial charge in [0.1, 0.15) is 6.61 Å². The third kappa shape index (κ3) is 24.6. The molecule has 0 heterocycles. The van der Waals surface area contributed by atoms with Crippen molar-refractivity contribution < 1.29 is 42.7 Å². The normalized spacial score (nSPS) is 13.3. The number of phosphoric ester groups is 1.